The van der Waals surface area contributed by atoms with Crippen molar-refractivity contribution in [1.82, 2.24) is 4.98 Å². The van der Waals surface area contributed by atoms with Gasteiger partial charge in [0, 0.05) is 30.5 Å². The minimum atomic E-state index is -0.208. The van der Waals surface area contributed by atoms with Crippen molar-refractivity contribution in [1.29, 1.82) is 0 Å². The molecule has 0 aliphatic rings. The van der Waals surface area contributed by atoms with Crippen LogP contribution in [0.2, 0.25) is 0 Å². The third-order valence-corrected chi connectivity index (χ3v) is 4.95. The van der Waals surface area contributed by atoms with Crippen LogP contribution in [-0.4, -0.2) is 30.2 Å². The smallest absolute Gasteiger partial charge is 0.257 e. The molecule has 2 aromatic carbocycles. The minimum Gasteiger partial charge on any atom is -0.494 e. The quantitative estimate of drug-likeness (QED) is 0.379. The lowest BCUT2D eigenvalue weighted by molar-refractivity contribution is 0.0663. The summed E-state index contributed by atoms with van der Waals surface area (Å²) in [6.07, 6.45) is 1.80. The van der Waals surface area contributed by atoms with E-state index < -0.39 is 0 Å². The van der Waals surface area contributed by atoms with Crippen molar-refractivity contribution in [3.8, 4) is 17.2 Å². The number of nitrogens with one attached hydrogen (secondary N) is 1. The number of rotatable bonds is 11. The van der Waals surface area contributed by atoms with Crippen LogP contribution in [0.1, 0.15) is 48.9 Å². The number of benzene rings is 2. The molecule has 0 radical (unpaired) electrons. The first kappa shape index (κ1) is 24.3. The van der Waals surface area contributed by atoms with Crippen LogP contribution in [-0.2, 0) is 11.2 Å². The molecular weight excluding hydrogens is 416 g/mol. The van der Waals surface area contributed by atoms with E-state index in [0.717, 1.165) is 24.5 Å². The van der Waals surface area contributed by atoms with Crippen molar-refractivity contribution in [3.05, 3.63) is 77.6 Å². The van der Waals surface area contributed by atoms with E-state index in [1.54, 1.807) is 6.07 Å². The second-order valence-corrected chi connectivity index (χ2v) is 7.81. The second-order valence-electron chi connectivity index (χ2n) is 7.81. The Labute approximate surface area is 195 Å². The van der Waals surface area contributed by atoms with Crippen molar-refractivity contribution in [2.45, 2.75) is 46.6 Å². The number of aryl methyl sites for hydroxylation is 1. The zero-order valence-corrected chi connectivity index (χ0v) is 19.8. The Morgan fingerprint density at radius 1 is 1.00 bits per heavy atom. The summed E-state index contributed by atoms with van der Waals surface area (Å²) in [7, 11) is 0. The molecule has 0 bridgehead atoms. The number of anilines is 1. The van der Waals surface area contributed by atoms with Crippen LogP contribution in [0.25, 0.3) is 0 Å². The highest BCUT2D eigenvalue weighted by Crippen LogP contribution is 2.26. The molecule has 33 heavy (non-hydrogen) atoms. The van der Waals surface area contributed by atoms with E-state index in [1.807, 2.05) is 75.4 Å². The van der Waals surface area contributed by atoms with Crippen LogP contribution in [0.5, 0.6) is 17.2 Å². The predicted octanol–water partition coefficient (Wildman–Crippen LogP) is 6.19. The average Bonchev–Trinajstić information content (AvgIpc) is 2.79. The summed E-state index contributed by atoms with van der Waals surface area (Å²) in [6, 6.07) is 18.4. The molecule has 1 N–H and O–H groups in total. The Morgan fingerprint density at radius 3 is 2.45 bits per heavy atom. The van der Waals surface area contributed by atoms with E-state index in [4.69, 9.17) is 14.2 Å². The van der Waals surface area contributed by atoms with E-state index in [9.17, 15) is 4.79 Å². The van der Waals surface area contributed by atoms with Gasteiger partial charge in [0.05, 0.1) is 24.0 Å². The highest BCUT2D eigenvalue weighted by atomic mass is 16.5. The maximum absolute atomic E-state index is 12.8. The fraction of sp³-hybridized carbons (Fsp3) is 0.333. The van der Waals surface area contributed by atoms with E-state index in [0.29, 0.717) is 41.5 Å². The maximum atomic E-state index is 12.8. The molecule has 0 fully saturated rings. The Hall–Kier alpha value is -3.38. The van der Waals surface area contributed by atoms with Crippen LogP contribution >= 0.6 is 0 Å². The Balaban J connectivity index is 1.63. The third-order valence-electron chi connectivity index (χ3n) is 4.95. The molecule has 1 amide bonds. The van der Waals surface area contributed by atoms with E-state index in [1.165, 1.54) is 0 Å². The van der Waals surface area contributed by atoms with Gasteiger partial charge in [-0.25, -0.2) is 0 Å². The zero-order chi connectivity index (χ0) is 23.6. The lowest BCUT2D eigenvalue weighted by Crippen LogP contribution is -2.16. The summed E-state index contributed by atoms with van der Waals surface area (Å²) in [6.45, 7) is 9.27. The van der Waals surface area contributed by atoms with Gasteiger partial charge in [-0.3, -0.25) is 9.78 Å². The number of hydrogen-bond donors (Lipinski definition) is 1. The molecule has 0 aliphatic carbocycles. The van der Waals surface area contributed by atoms with E-state index in [2.05, 4.69) is 17.2 Å². The third kappa shape index (κ3) is 7.32. The molecule has 0 saturated carbocycles. The molecule has 1 unspecified atom stereocenters. The summed E-state index contributed by atoms with van der Waals surface area (Å²) in [5, 5.41) is 2.94. The molecule has 3 rings (SSSR count). The average molecular weight is 449 g/mol. The lowest BCUT2D eigenvalue weighted by atomic mass is 10.1. The Kier molecular flexibility index (Phi) is 8.84. The monoisotopic (exact) mass is 448 g/mol. The number of pyridine rings is 1. The summed E-state index contributed by atoms with van der Waals surface area (Å²) < 4.78 is 17.1. The minimum absolute atomic E-state index is 0.0923. The number of carbonyl (C=O) groups excluding carboxylic acids is 1. The van der Waals surface area contributed by atoms with E-state index >= 15 is 0 Å². The van der Waals surface area contributed by atoms with Gasteiger partial charge >= 0.3 is 0 Å². The molecule has 174 valence electrons. The van der Waals surface area contributed by atoms with Crippen molar-refractivity contribution in [2.75, 3.05) is 18.5 Å². The maximum Gasteiger partial charge on any atom is 0.257 e. The van der Waals surface area contributed by atoms with Crippen LogP contribution in [0.15, 0.2) is 60.7 Å². The number of nitrogens with zero attached hydrogens (tertiary/aromatic N) is 1. The molecule has 3 aromatic rings. The van der Waals surface area contributed by atoms with Gasteiger partial charge in [-0.1, -0.05) is 13.0 Å². The van der Waals surface area contributed by atoms with Gasteiger partial charge in [0.25, 0.3) is 5.91 Å². The fourth-order valence-electron chi connectivity index (χ4n) is 3.38. The highest BCUT2D eigenvalue weighted by Gasteiger charge is 2.13. The van der Waals surface area contributed by atoms with Gasteiger partial charge in [0.15, 0.2) is 0 Å². The molecule has 6 nitrogen and oxygen atoms in total. The molecule has 6 heteroatoms. The second kappa shape index (κ2) is 12.0. The molecule has 1 atom stereocenters. The number of aromatic nitrogens is 1. The van der Waals surface area contributed by atoms with Crippen molar-refractivity contribution in [3.63, 3.8) is 0 Å². The summed E-state index contributed by atoms with van der Waals surface area (Å²) in [5.41, 5.74) is 2.79. The van der Waals surface area contributed by atoms with Crippen LogP contribution < -0.4 is 14.8 Å². The predicted molar refractivity (Wildman–Crippen MR) is 130 cm³/mol. The molecule has 1 heterocycles. The van der Waals surface area contributed by atoms with Gasteiger partial charge in [0.2, 0.25) is 0 Å². The standard InChI is InChI=1S/C27H32N2O4/c1-5-16-32-19(3)17-22-10-15-26(20(4)28-22)27(30)29-21-8-7-9-25(18-21)33-24-13-11-23(12-14-24)31-6-2/h7-15,18-19H,5-6,16-17H2,1-4H3,(H,29,30). The van der Waals surface area contributed by atoms with Crippen LogP contribution in [0, 0.1) is 6.92 Å². The van der Waals surface area contributed by atoms with Gasteiger partial charge in [0.1, 0.15) is 17.2 Å². The zero-order valence-electron chi connectivity index (χ0n) is 19.8. The first-order chi connectivity index (χ1) is 16.0. The summed E-state index contributed by atoms with van der Waals surface area (Å²) in [4.78, 5) is 17.4. The number of carbonyl (C=O) groups is 1. The first-order valence-corrected chi connectivity index (χ1v) is 11.4. The largest absolute Gasteiger partial charge is 0.494 e. The molecule has 0 aliphatic heterocycles. The molecule has 0 spiro atoms. The number of ether oxygens (including phenoxy) is 3. The lowest BCUT2D eigenvalue weighted by Gasteiger charge is -2.14. The summed E-state index contributed by atoms with van der Waals surface area (Å²) in [5.74, 6) is 1.90. The topological polar surface area (TPSA) is 69.7 Å². The van der Waals surface area contributed by atoms with Crippen molar-refractivity contribution < 1.29 is 19.0 Å². The normalized spacial score (nSPS) is 11.6. The fourth-order valence-corrected chi connectivity index (χ4v) is 3.38. The van der Waals surface area contributed by atoms with Gasteiger partial charge in [-0.2, -0.15) is 0 Å². The highest BCUT2D eigenvalue weighted by molar-refractivity contribution is 6.05. The Bertz CT molecular complexity index is 1050. The van der Waals surface area contributed by atoms with Crippen LogP contribution in [0.3, 0.4) is 0 Å². The van der Waals surface area contributed by atoms with Gasteiger partial charge in [-0.15, -0.1) is 0 Å². The SMILES string of the molecule is CCCOC(C)Cc1ccc(C(=O)Nc2cccc(Oc3ccc(OCC)cc3)c2)c(C)n1. The van der Waals surface area contributed by atoms with Gasteiger partial charge < -0.3 is 19.5 Å². The van der Waals surface area contributed by atoms with E-state index in [-0.39, 0.29) is 12.0 Å². The van der Waals surface area contributed by atoms with Crippen LogP contribution in [0.4, 0.5) is 5.69 Å². The Morgan fingerprint density at radius 2 is 1.76 bits per heavy atom. The van der Waals surface area contributed by atoms with Gasteiger partial charge in [-0.05, 0) is 75.7 Å². The molecular formula is C27H32N2O4. The van der Waals surface area contributed by atoms with Crippen molar-refractivity contribution in [2.24, 2.45) is 0 Å². The summed E-state index contributed by atoms with van der Waals surface area (Å²) >= 11 is 0. The first-order valence-electron chi connectivity index (χ1n) is 11.4. The number of hydrogen-bond acceptors (Lipinski definition) is 5. The molecule has 1 aromatic heterocycles. The van der Waals surface area contributed by atoms with Crippen molar-refractivity contribution >= 4 is 11.6 Å². The molecule has 0 saturated heterocycles. The number of amides is 1.